The molecular weight excluding hydrogens is 411 g/mol. The smallest absolute Gasteiger partial charge is 0.324 e. The van der Waals surface area contributed by atoms with Crippen molar-refractivity contribution in [2.45, 2.75) is 19.0 Å². The number of carbonyl (C=O) groups is 3. The number of likely N-dealkylation sites (N-methyl/N-ethyl adjacent to an activating group) is 1. The van der Waals surface area contributed by atoms with Crippen molar-refractivity contribution in [1.29, 1.82) is 0 Å². The van der Waals surface area contributed by atoms with Crippen LogP contribution < -0.4 is 5.32 Å². The summed E-state index contributed by atoms with van der Waals surface area (Å²) in [5.74, 6) is -1.17. The summed E-state index contributed by atoms with van der Waals surface area (Å²) in [4.78, 5) is 39.7. The quantitative estimate of drug-likeness (QED) is 0.510. The van der Waals surface area contributed by atoms with Crippen LogP contribution in [0.2, 0.25) is 0 Å². The van der Waals surface area contributed by atoms with Gasteiger partial charge in [-0.15, -0.1) is 0 Å². The fourth-order valence-corrected chi connectivity index (χ4v) is 3.45. The molecule has 1 heterocycles. The number of rotatable bonds is 8. The van der Waals surface area contributed by atoms with Crippen molar-refractivity contribution in [2.24, 2.45) is 0 Å². The molecule has 6 nitrogen and oxygen atoms in total. The Balaban J connectivity index is 1.43. The van der Waals surface area contributed by atoms with E-state index >= 15 is 0 Å². The van der Waals surface area contributed by atoms with Gasteiger partial charge in [-0.3, -0.25) is 24.2 Å². The van der Waals surface area contributed by atoms with E-state index in [-0.39, 0.29) is 30.6 Å². The average Bonchev–Trinajstić information content (AvgIpc) is 2.95. The predicted molar refractivity (Wildman–Crippen MR) is 109 cm³/mol. The minimum Gasteiger partial charge on any atom is -0.324 e. The zero-order chi connectivity index (χ0) is 22.6. The zero-order valence-corrected chi connectivity index (χ0v) is 16.9. The Bertz CT molecular complexity index is 956. The van der Waals surface area contributed by atoms with E-state index in [9.17, 15) is 27.6 Å². The third kappa shape index (κ3) is 5.29. The van der Waals surface area contributed by atoms with E-state index in [1.807, 2.05) is 0 Å². The lowest BCUT2D eigenvalue weighted by Gasteiger charge is -2.19. The highest BCUT2D eigenvalue weighted by molar-refractivity contribution is 6.21. The number of para-hydroxylation sites is 1. The number of nitrogens with zero attached hydrogens (tertiary/aromatic N) is 2. The minimum absolute atomic E-state index is 0.0841. The number of alkyl halides is 3. The number of unbranched alkanes of at least 4 members (excludes halogenated alkanes) is 1. The van der Waals surface area contributed by atoms with E-state index in [0.29, 0.717) is 30.5 Å². The van der Waals surface area contributed by atoms with Crippen LogP contribution in [0, 0.1) is 0 Å². The Morgan fingerprint density at radius 1 is 0.968 bits per heavy atom. The molecule has 0 saturated heterocycles. The standard InChI is InChI=1S/C22H22F3N3O3/c1-27(14-19(29)26-18-11-5-4-10-17(18)22(23,24)25)12-6-7-13-28-20(30)15-8-2-3-9-16(15)21(28)31/h2-5,8-11H,6-7,12-14H2,1H3,(H,26,29). The van der Waals surface area contributed by atoms with Crippen molar-refractivity contribution in [3.05, 3.63) is 65.2 Å². The molecule has 2 aromatic carbocycles. The van der Waals surface area contributed by atoms with Crippen LogP contribution in [0.25, 0.3) is 0 Å². The minimum atomic E-state index is -4.56. The number of benzene rings is 2. The number of hydrogen-bond donors (Lipinski definition) is 1. The van der Waals surface area contributed by atoms with Gasteiger partial charge in [0.25, 0.3) is 11.8 Å². The first-order valence-corrected chi connectivity index (χ1v) is 9.78. The molecule has 0 unspecified atom stereocenters. The fraction of sp³-hybridized carbons (Fsp3) is 0.318. The summed E-state index contributed by atoms with van der Waals surface area (Å²) >= 11 is 0. The van der Waals surface area contributed by atoms with Gasteiger partial charge in [0.1, 0.15) is 0 Å². The van der Waals surface area contributed by atoms with Crippen LogP contribution in [0.15, 0.2) is 48.5 Å². The molecule has 0 aromatic heterocycles. The van der Waals surface area contributed by atoms with Crippen LogP contribution in [0.5, 0.6) is 0 Å². The Morgan fingerprint density at radius 2 is 1.55 bits per heavy atom. The second-order valence-corrected chi connectivity index (χ2v) is 7.34. The molecule has 0 atom stereocenters. The molecule has 9 heteroatoms. The lowest BCUT2D eigenvalue weighted by atomic mass is 10.1. The summed E-state index contributed by atoms with van der Waals surface area (Å²) in [5, 5.41) is 2.31. The maximum Gasteiger partial charge on any atom is 0.418 e. The molecule has 3 rings (SSSR count). The summed E-state index contributed by atoms with van der Waals surface area (Å²) in [5.41, 5.74) is -0.369. The number of carbonyl (C=O) groups excluding carboxylic acids is 3. The molecule has 1 aliphatic heterocycles. The molecule has 1 aliphatic rings. The van der Waals surface area contributed by atoms with E-state index < -0.39 is 17.6 Å². The van der Waals surface area contributed by atoms with Crippen molar-refractivity contribution in [3.63, 3.8) is 0 Å². The number of halogens is 3. The van der Waals surface area contributed by atoms with Crippen LogP contribution in [0.3, 0.4) is 0 Å². The Morgan fingerprint density at radius 3 is 2.16 bits per heavy atom. The van der Waals surface area contributed by atoms with Gasteiger partial charge in [0, 0.05) is 6.54 Å². The first-order valence-electron chi connectivity index (χ1n) is 9.78. The third-order valence-corrected chi connectivity index (χ3v) is 4.97. The van der Waals surface area contributed by atoms with E-state index in [2.05, 4.69) is 5.32 Å². The predicted octanol–water partition coefficient (Wildman–Crippen LogP) is 3.65. The van der Waals surface area contributed by atoms with Gasteiger partial charge >= 0.3 is 6.18 Å². The maximum absolute atomic E-state index is 13.0. The second-order valence-electron chi connectivity index (χ2n) is 7.34. The van der Waals surface area contributed by atoms with Gasteiger partial charge in [-0.2, -0.15) is 13.2 Å². The highest BCUT2D eigenvalue weighted by Gasteiger charge is 2.35. The number of imide groups is 1. The van der Waals surface area contributed by atoms with Crippen molar-refractivity contribution >= 4 is 23.4 Å². The SMILES string of the molecule is CN(CCCCN1C(=O)c2ccccc2C1=O)CC(=O)Nc1ccccc1C(F)(F)F. The van der Waals surface area contributed by atoms with Gasteiger partial charge in [0.2, 0.25) is 5.91 Å². The summed E-state index contributed by atoms with van der Waals surface area (Å²) in [6, 6.07) is 11.5. The number of fused-ring (bicyclic) bond motifs is 1. The lowest BCUT2D eigenvalue weighted by Crippen LogP contribution is -2.33. The molecule has 31 heavy (non-hydrogen) atoms. The highest BCUT2D eigenvalue weighted by atomic mass is 19.4. The van der Waals surface area contributed by atoms with Crippen molar-refractivity contribution in [3.8, 4) is 0 Å². The first-order chi connectivity index (χ1) is 14.7. The number of nitrogens with one attached hydrogen (secondary N) is 1. The molecule has 0 fully saturated rings. The molecule has 0 aliphatic carbocycles. The Kier molecular flexibility index (Phi) is 6.74. The Labute approximate surface area is 177 Å². The molecule has 2 aromatic rings. The van der Waals surface area contributed by atoms with Crippen molar-refractivity contribution in [1.82, 2.24) is 9.80 Å². The van der Waals surface area contributed by atoms with Crippen LogP contribution in [0.1, 0.15) is 39.1 Å². The van der Waals surface area contributed by atoms with Gasteiger partial charge in [0.15, 0.2) is 0 Å². The van der Waals surface area contributed by atoms with E-state index in [4.69, 9.17) is 0 Å². The number of anilines is 1. The van der Waals surface area contributed by atoms with E-state index in [1.165, 1.54) is 23.1 Å². The lowest BCUT2D eigenvalue weighted by molar-refractivity contribution is -0.137. The largest absolute Gasteiger partial charge is 0.418 e. The Hall–Kier alpha value is -3.20. The van der Waals surface area contributed by atoms with E-state index in [0.717, 1.165) is 6.07 Å². The van der Waals surface area contributed by atoms with Gasteiger partial charge in [-0.1, -0.05) is 24.3 Å². The average molecular weight is 433 g/mol. The first kappa shape index (κ1) is 22.5. The van der Waals surface area contributed by atoms with Crippen molar-refractivity contribution < 1.29 is 27.6 Å². The van der Waals surface area contributed by atoms with Crippen LogP contribution in [-0.4, -0.2) is 54.2 Å². The van der Waals surface area contributed by atoms with Crippen LogP contribution in [0.4, 0.5) is 18.9 Å². The third-order valence-electron chi connectivity index (χ3n) is 4.97. The summed E-state index contributed by atoms with van der Waals surface area (Å²) in [6.07, 6.45) is -3.40. The monoisotopic (exact) mass is 433 g/mol. The molecule has 1 N–H and O–H groups in total. The molecule has 0 radical (unpaired) electrons. The molecule has 0 bridgehead atoms. The van der Waals surface area contributed by atoms with Gasteiger partial charge in [0.05, 0.1) is 28.9 Å². The summed E-state index contributed by atoms with van der Waals surface area (Å²) in [6.45, 7) is 0.669. The fourth-order valence-electron chi connectivity index (χ4n) is 3.45. The maximum atomic E-state index is 13.0. The highest BCUT2D eigenvalue weighted by Crippen LogP contribution is 2.34. The van der Waals surface area contributed by atoms with Gasteiger partial charge in [-0.25, -0.2) is 0 Å². The molecular formula is C22H22F3N3O3. The molecule has 0 saturated carbocycles. The number of hydrogen-bond acceptors (Lipinski definition) is 4. The summed E-state index contributed by atoms with van der Waals surface area (Å²) < 4.78 is 39.1. The van der Waals surface area contributed by atoms with E-state index in [1.54, 1.807) is 36.2 Å². The number of amides is 3. The molecule has 3 amide bonds. The topological polar surface area (TPSA) is 69.7 Å². The zero-order valence-electron chi connectivity index (χ0n) is 16.9. The second kappa shape index (κ2) is 9.30. The summed E-state index contributed by atoms with van der Waals surface area (Å²) in [7, 11) is 1.68. The van der Waals surface area contributed by atoms with Gasteiger partial charge in [-0.05, 0) is 50.7 Å². The van der Waals surface area contributed by atoms with Crippen LogP contribution >= 0.6 is 0 Å². The normalized spacial score (nSPS) is 13.6. The van der Waals surface area contributed by atoms with Gasteiger partial charge < -0.3 is 5.32 Å². The van der Waals surface area contributed by atoms with Crippen molar-refractivity contribution in [2.75, 3.05) is 32.0 Å². The molecule has 164 valence electrons. The molecule has 0 spiro atoms. The van der Waals surface area contributed by atoms with Crippen LogP contribution in [-0.2, 0) is 11.0 Å².